The summed E-state index contributed by atoms with van der Waals surface area (Å²) in [7, 11) is 3.10. The number of fused-ring (bicyclic) bond motifs is 1. The van der Waals surface area contributed by atoms with Crippen LogP contribution in [0.1, 0.15) is 55.3 Å². The number of H-pyrrole nitrogens is 1. The second-order valence-corrected chi connectivity index (χ2v) is 8.78. The van der Waals surface area contributed by atoms with Crippen molar-refractivity contribution in [3.8, 4) is 5.75 Å². The lowest BCUT2D eigenvalue weighted by Gasteiger charge is -2.30. The fraction of sp³-hybridized carbons (Fsp3) is 0.440. The lowest BCUT2D eigenvalue weighted by molar-refractivity contribution is -0.130. The molecule has 3 heterocycles. The van der Waals surface area contributed by atoms with E-state index in [1.165, 1.54) is 43.8 Å². The highest BCUT2D eigenvalue weighted by atomic mass is 16.5. The quantitative estimate of drug-likeness (QED) is 0.613. The number of nitrogens with one attached hydrogen (secondary N) is 2. The summed E-state index contributed by atoms with van der Waals surface area (Å²) in [5.74, 6) is 0.396. The molecule has 180 valence electrons. The molecule has 5 rings (SSSR count). The van der Waals surface area contributed by atoms with Crippen LogP contribution in [0.3, 0.4) is 0 Å². The standard InChI is InChI=1S/C15H14N4O3.C10H17NO/c1-19-5-3-4-11(15(19)21)17-14(20)10-6-9-8-16-18-12(9)7-13(10)22-2;12-10-7-4-8-11(10)9-5-2-1-3-6-9/h3-8H,1-2H3,(H,16,18)(H,17,20);9H,1-8H2. The number of carbonyl (C=O) groups excluding carboxylic acids is 2. The van der Waals surface area contributed by atoms with Gasteiger partial charge in [0.15, 0.2) is 0 Å². The number of carbonyl (C=O) groups is 2. The lowest BCUT2D eigenvalue weighted by Crippen LogP contribution is -2.37. The van der Waals surface area contributed by atoms with Gasteiger partial charge in [-0.2, -0.15) is 5.10 Å². The average molecular weight is 466 g/mol. The zero-order valence-electron chi connectivity index (χ0n) is 19.7. The number of nitrogens with zero attached hydrogens (tertiary/aromatic N) is 3. The molecule has 1 aliphatic carbocycles. The van der Waals surface area contributed by atoms with Crippen LogP contribution in [0.2, 0.25) is 0 Å². The Morgan fingerprint density at radius 2 is 1.97 bits per heavy atom. The van der Waals surface area contributed by atoms with E-state index in [1.54, 1.807) is 43.7 Å². The van der Waals surface area contributed by atoms with Crippen LogP contribution < -0.4 is 15.6 Å². The number of likely N-dealkylation sites (tertiary alicyclic amines) is 1. The molecule has 1 aromatic carbocycles. The first-order valence-electron chi connectivity index (χ1n) is 11.8. The number of rotatable bonds is 4. The second kappa shape index (κ2) is 10.5. The summed E-state index contributed by atoms with van der Waals surface area (Å²) in [4.78, 5) is 37.9. The minimum Gasteiger partial charge on any atom is -0.496 e. The van der Waals surface area contributed by atoms with Crippen molar-refractivity contribution >= 4 is 28.4 Å². The van der Waals surface area contributed by atoms with Crippen LogP contribution in [-0.4, -0.2) is 51.2 Å². The van der Waals surface area contributed by atoms with Crippen LogP contribution >= 0.6 is 0 Å². The minimum atomic E-state index is -0.414. The molecule has 2 aliphatic rings. The molecule has 2 amide bonds. The number of aromatic nitrogens is 3. The molecule has 9 nitrogen and oxygen atoms in total. The van der Waals surface area contributed by atoms with Crippen LogP contribution in [0, 0.1) is 0 Å². The molecule has 1 saturated carbocycles. The smallest absolute Gasteiger partial charge is 0.274 e. The Morgan fingerprint density at radius 3 is 2.68 bits per heavy atom. The van der Waals surface area contributed by atoms with Gasteiger partial charge in [0.2, 0.25) is 5.91 Å². The summed E-state index contributed by atoms with van der Waals surface area (Å²) in [6, 6.07) is 7.21. The molecule has 34 heavy (non-hydrogen) atoms. The number of anilines is 1. The molecule has 2 N–H and O–H groups in total. The minimum absolute atomic E-state index is 0.212. The molecule has 0 unspecified atom stereocenters. The lowest BCUT2D eigenvalue weighted by atomic mass is 9.94. The van der Waals surface area contributed by atoms with Crippen LogP contribution in [0.5, 0.6) is 5.75 Å². The number of benzene rings is 1. The third kappa shape index (κ3) is 5.13. The van der Waals surface area contributed by atoms with Gasteiger partial charge < -0.3 is 19.5 Å². The highest BCUT2D eigenvalue weighted by Gasteiger charge is 2.28. The van der Waals surface area contributed by atoms with Crippen LogP contribution in [0.15, 0.2) is 41.5 Å². The van der Waals surface area contributed by atoms with E-state index in [-0.39, 0.29) is 11.2 Å². The Balaban J connectivity index is 0.000000192. The van der Waals surface area contributed by atoms with Crippen LogP contribution in [-0.2, 0) is 11.8 Å². The molecule has 0 spiro atoms. The molecular weight excluding hydrogens is 434 g/mol. The Hall–Kier alpha value is -3.62. The number of hydrogen-bond acceptors (Lipinski definition) is 5. The molecule has 2 fully saturated rings. The fourth-order valence-corrected chi connectivity index (χ4v) is 4.65. The molecule has 2 aromatic heterocycles. The molecule has 0 bridgehead atoms. The van der Waals surface area contributed by atoms with E-state index >= 15 is 0 Å². The molecule has 0 atom stereocenters. The SMILES string of the molecule is COc1cc2[nH]ncc2cc1C(=O)Nc1cccn(C)c1=O.O=C1CCCN1C1CCCCC1. The number of aryl methyl sites for hydroxylation is 1. The van der Waals surface area contributed by atoms with Gasteiger partial charge in [-0.25, -0.2) is 0 Å². The van der Waals surface area contributed by atoms with Crippen molar-refractivity contribution in [2.24, 2.45) is 7.05 Å². The van der Waals surface area contributed by atoms with E-state index < -0.39 is 5.91 Å². The normalized spacial score (nSPS) is 16.3. The topological polar surface area (TPSA) is 109 Å². The summed E-state index contributed by atoms with van der Waals surface area (Å²) >= 11 is 0. The Labute approximate surface area is 198 Å². The van der Waals surface area contributed by atoms with E-state index in [0.29, 0.717) is 23.3 Å². The zero-order chi connectivity index (χ0) is 24.1. The molecule has 1 aliphatic heterocycles. The van der Waals surface area contributed by atoms with E-state index in [4.69, 9.17) is 4.74 Å². The van der Waals surface area contributed by atoms with Gasteiger partial charge in [-0.3, -0.25) is 19.5 Å². The van der Waals surface area contributed by atoms with E-state index in [0.717, 1.165) is 30.3 Å². The highest BCUT2D eigenvalue weighted by Crippen LogP contribution is 2.26. The van der Waals surface area contributed by atoms with Crippen molar-refractivity contribution in [1.29, 1.82) is 0 Å². The molecule has 0 radical (unpaired) electrons. The fourth-order valence-electron chi connectivity index (χ4n) is 4.65. The van der Waals surface area contributed by atoms with E-state index in [1.807, 2.05) is 0 Å². The monoisotopic (exact) mass is 465 g/mol. The predicted octanol–water partition coefficient (Wildman–Crippen LogP) is 3.46. The number of ether oxygens (including phenoxy) is 1. The van der Waals surface area contributed by atoms with Gasteiger partial charge in [0.25, 0.3) is 11.5 Å². The first-order valence-corrected chi connectivity index (χ1v) is 11.8. The van der Waals surface area contributed by atoms with Crippen molar-refractivity contribution in [2.75, 3.05) is 19.0 Å². The van der Waals surface area contributed by atoms with Gasteiger partial charge in [0.1, 0.15) is 11.4 Å². The Kier molecular flexibility index (Phi) is 7.30. The second-order valence-electron chi connectivity index (χ2n) is 8.78. The molecular formula is C25H31N5O4. The van der Waals surface area contributed by atoms with Gasteiger partial charge in [-0.1, -0.05) is 19.3 Å². The van der Waals surface area contributed by atoms with Crippen molar-refractivity contribution in [3.05, 3.63) is 52.6 Å². The average Bonchev–Trinajstić information content (AvgIpc) is 3.50. The van der Waals surface area contributed by atoms with E-state index in [9.17, 15) is 14.4 Å². The van der Waals surface area contributed by atoms with Crippen LogP contribution in [0.25, 0.3) is 10.9 Å². The Bertz CT molecular complexity index is 1230. The number of pyridine rings is 1. The van der Waals surface area contributed by atoms with Gasteiger partial charge in [-0.05, 0) is 37.5 Å². The third-order valence-corrected chi connectivity index (χ3v) is 6.50. The first kappa shape index (κ1) is 23.5. The summed E-state index contributed by atoms with van der Waals surface area (Å²) in [6.07, 6.45) is 11.7. The van der Waals surface area contributed by atoms with Gasteiger partial charge in [0.05, 0.1) is 24.4 Å². The molecule has 1 saturated heterocycles. The highest BCUT2D eigenvalue weighted by molar-refractivity contribution is 6.08. The largest absolute Gasteiger partial charge is 0.496 e. The van der Waals surface area contributed by atoms with Crippen LogP contribution in [0.4, 0.5) is 5.69 Å². The maximum atomic E-state index is 12.5. The van der Waals surface area contributed by atoms with Crippen molar-refractivity contribution in [2.45, 2.75) is 51.0 Å². The summed E-state index contributed by atoms with van der Waals surface area (Å²) < 4.78 is 6.64. The van der Waals surface area contributed by atoms with Gasteiger partial charge in [-0.15, -0.1) is 0 Å². The summed E-state index contributed by atoms with van der Waals surface area (Å²) in [5.41, 5.74) is 1.04. The maximum Gasteiger partial charge on any atom is 0.274 e. The van der Waals surface area contributed by atoms with Crippen molar-refractivity contribution in [3.63, 3.8) is 0 Å². The number of hydrogen-bond donors (Lipinski definition) is 2. The number of methoxy groups -OCH3 is 1. The number of amides is 2. The van der Waals surface area contributed by atoms with E-state index in [2.05, 4.69) is 20.4 Å². The Morgan fingerprint density at radius 1 is 1.18 bits per heavy atom. The van der Waals surface area contributed by atoms with Gasteiger partial charge >= 0.3 is 0 Å². The van der Waals surface area contributed by atoms with Crippen molar-refractivity contribution in [1.82, 2.24) is 19.7 Å². The maximum absolute atomic E-state index is 12.5. The molecule has 3 aromatic rings. The number of aromatic amines is 1. The third-order valence-electron chi connectivity index (χ3n) is 6.50. The first-order chi connectivity index (χ1) is 16.5. The van der Waals surface area contributed by atoms with Crippen molar-refractivity contribution < 1.29 is 14.3 Å². The zero-order valence-corrected chi connectivity index (χ0v) is 19.7. The molecule has 9 heteroatoms. The van der Waals surface area contributed by atoms with Gasteiger partial charge in [0, 0.05) is 43.7 Å². The summed E-state index contributed by atoms with van der Waals surface area (Å²) in [5, 5.41) is 10.1. The predicted molar refractivity (Wildman–Crippen MR) is 130 cm³/mol. The summed E-state index contributed by atoms with van der Waals surface area (Å²) in [6.45, 7) is 1.03.